The normalized spacial score (nSPS) is 16.9. The Morgan fingerprint density at radius 1 is 1.13 bits per heavy atom. The Morgan fingerprint density at radius 3 is 2.60 bits per heavy atom. The first kappa shape index (κ1) is 19.9. The number of amides is 2. The fourth-order valence-electron chi connectivity index (χ4n) is 3.71. The molecule has 0 saturated carbocycles. The average Bonchev–Trinajstić information content (AvgIpc) is 3.33. The number of aromatic nitrogens is 2. The van der Waals surface area contributed by atoms with Gasteiger partial charge in [-0.25, -0.2) is 9.37 Å². The summed E-state index contributed by atoms with van der Waals surface area (Å²) in [6.45, 7) is 0.371. The Balaban J connectivity index is 1.72. The summed E-state index contributed by atoms with van der Waals surface area (Å²) in [7, 11) is 0. The number of halogens is 4. The highest BCUT2D eigenvalue weighted by Crippen LogP contribution is 2.37. The summed E-state index contributed by atoms with van der Waals surface area (Å²) in [4.78, 5) is 29.9. The summed E-state index contributed by atoms with van der Waals surface area (Å²) in [6.07, 6.45) is -0.849. The molecular weight excluding hydrogens is 404 g/mol. The van der Waals surface area contributed by atoms with Gasteiger partial charge in [-0.1, -0.05) is 6.07 Å². The molecule has 0 aliphatic carbocycles. The molecule has 0 bridgehead atoms. The Morgan fingerprint density at radius 2 is 1.90 bits per heavy atom. The first-order valence-corrected chi connectivity index (χ1v) is 9.11. The summed E-state index contributed by atoms with van der Waals surface area (Å²) in [5.41, 5.74) is 4.63. The van der Waals surface area contributed by atoms with Crippen LogP contribution < -0.4 is 5.73 Å². The van der Waals surface area contributed by atoms with Crippen LogP contribution in [0.4, 0.5) is 17.6 Å². The Bertz CT molecular complexity index is 1160. The third-order valence-corrected chi connectivity index (χ3v) is 5.11. The van der Waals surface area contributed by atoms with E-state index in [1.165, 1.54) is 33.8 Å². The van der Waals surface area contributed by atoms with Crippen LogP contribution in [0.2, 0.25) is 0 Å². The highest BCUT2D eigenvalue weighted by molar-refractivity contribution is 5.96. The average molecular weight is 420 g/mol. The molecule has 4 rings (SSSR count). The molecule has 30 heavy (non-hydrogen) atoms. The Labute approximate surface area is 167 Å². The fraction of sp³-hybridized carbons (Fsp3) is 0.250. The first-order valence-electron chi connectivity index (χ1n) is 9.11. The lowest BCUT2D eigenvalue weighted by Crippen LogP contribution is -2.43. The van der Waals surface area contributed by atoms with Gasteiger partial charge in [-0.15, -0.1) is 0 Å². The number of pyridine rings is 1. The van der Waals surface area contributed by atoms with Gasteiger partial charge in [0.2, 0.25) is 5.91 Å². The summed E-state index contributed by atoms with van der Waals surface area (Å²) in [5, 5.41) is 0. The van der Waals surface area contributed by atoms with E-state index in [2.05, 4.69) is 4.98 Å². The van der Waals surface area contributed by atoms with Crippen molar-refractivity contribution in [1.29, 1.82) is 0 Å². The first-order chi connectivity index (χ1) is 14.1. The van der Waals surface area contributed by atoms with E-state index in [9.17, 15) is 27.2 Å². The molecule has 2 N–H and O–H groups in total. The van der Waals surface area contributed by atoms with Crippen LogP contribution in [0.25, 0.3) is 16.8 Å². The smallest absolute Gasteiger partial charge is 0.368 e. The van der Waals surface area contributed by atoms with Gasteiger partial charge in [0.15, 0.2) is 0 Å². The number of benzene rings is 1. The van der Waals surface area contributed by atoms with Crippen molar-refractivity contribution in [2.75, 3.05) is 6.54 Å². The Hall–Kier alpha value is -3.43. The van der Waals surface area contributed by atoms with Gasteiger partial charge in [-0.05, 0) is 48.2 Å². The maximum absolute atomic E-state index is 13.4. The molecule has 1 aliphatic rings. The molecule has 156 valence electrons. The van der Waals surface area contributed by atoms with Gasteiger partial charge in [-0.3, -0.25) is 9.59 Å². The molecule has 6 nitrogen and oxygen atoms in total. The van der Waals surface area contributed by atoms with Crippen LogP contribution in [0.3, 0.4) is 0 Å². The number of carbonyl (C=O) groups excluding carboxylic acids is 2. The van der Waals surface area contributed by atoms with Crippen LogP contribution in [0.5, 0.6) is 0 Å². The molecule has 1 saturated heterocycles. The van der Waals surface area contributed by atoms with Crippen molar-refractivity contribution in [1.82, 2.24) is 14.3 Å². The van der Waals surface area contributed by atoms with E-state index in [4.69, 9.17) is 5.73 Å². The van der Waals surface area contributed by atoms with Gasteiger partial charge in [0.05, 0.1) is 5.56 Å². The number of imidazole rings is 1. The number of hydrogen-bond donors (Lipinski definition) is 1. The molecule has 1 aliphatic heterocycles. The van der Waals surface area contributed by atoms with Crippen molar-refractivity contribution in [2.45, 2.75) is 25.1 Å². The summed E-state index contributed by atoms with van der Waals surface area (Å²) >= 11 is 0. The van der Waals surface area contributed by atoms with Crippen molar-refractivity contribution < 1.29 is 27.2 Å². The fourth-order valence-corrected chi connectivity index (χ4v) is 3.71. The maximum Gasteiger partial charge on any atom is 0.417 e. The lowest BCUT2D eigenvalue weighted by molar-refractivity contribution is -0.137. The molecule has 3 aromatic rings. The van der Waals surface area contributed by atoms with E-state index in [-0.39, 0.29) is 16.8 Å². The van der Waals surface area contributed by atoms with E-state index in [1.54, 1.807) is 0 Å². The number of primary amides is 1. The summed E-state index contributed by atoms with van der Waals surface area (Å²) < 4.78 is 54.8. The number of likely N-dealkylation sites (tertiary alicyclic amines) is 1. The highest BCUT2D eigenvalue weighted by atomic mass is 19.4. The highest BCUT2D eigenvalue weighted by Gasteiger charge is 2.35. The van der Waals surface area contributed by atoms with Crippen LogP contribution in [0.15, 0.2) is 42.7 Å². The van der Waals surface area contributed by atoms with Crippen molar-refractivity contribution in [2.24, 2.45) is 5.73 Å². The Kier molecular flexibility index (Phi) is 4.71. The molecule has 10 heteroatoms. The molecule has 1 fully saturated rings. The summed E-state index contributed by atoms with van der Waals surface area (Å²) in [6, 6.07) is 4.64. The van der Waals surface area contributed by atoms with Gasteiger partial charge in [0.25, 0.3) is 5.91 Å². The number of nitrogens with zero attached hydrogens (tertiary/aromatic N) is 3. The molecule has 1 atom stereocenters. The van der Waals surface area contributed by atoms with Crippen molar-refractivity contribution in [3.63, 3.8) is 0 Å². The number of fused-ring (bicyclic) bond motifs is 1. The van der Waals surface area contributed by atoms with E-state index in [0.29, 0.717) is 31.1 Å². The van der Waals surface area contributed by atoms with Crippen molar-refractivity contribution in [3.05, 3.63) is 59.8 Å². The van der Waals surface area contributed by atoms with Crippen molar-refractivity contribution in [3.8, 4) is 11.1 Å². The zero-order valence-electron chi connectivity index (χ0n) is 15.5. The quantitative estimate of drug-likeness (QED) is 0.661. The van der Waals surface area contributed by atoms with Gasteiger partial charge < -0.3 is 15.0 Å². The minimum atomic E-state index is -4.73. The largest absolute Gasteiger partial charge is 0.417 e. The maximum atomic E-state index is 13.4. The number of hydrogen-bond acceptors (Lipinski definition) is 3. The van der Waals surface area contributed by atoms with E-state index >= 15 is 0 Å². The molecule has 0 radical (unpaired) electrons. The third-order valence-electron chi connectivity index (χ3n) is 5.11. The van der Waals surface area contributed by atoms with Crippen LogP contribution in [-0.2, 0) is 11.0 Å². The lowest BCUT2D eigenvalue weighted by Gasteiger charge is -2.20. The predicted molar refractivity (Wildman–Crippen MR) is 98.8 cm³/mol. The second-order valence-corrected chi connectivity index (χ2v) is 7.06. The van der Waals surface area contributed by atoms with Crippen LogP contribution in [-0.4, -0.2) is 38.7 Å². The molecule has 2 aromatic heterocycles. The lowest BCUT2D eigenvalue weighted by atomic mass is 10.0. The molecule has 0 spiro atoms. The SMILES string of the molecule is NC(=O)[C@@H]1CCCN1C(=O)c1cn2cc(-c3ccc(F)cc3C(F)(F)F)ccc2n1. The second kappa shape index (κ2) is 7.12. The summed E-state index contributed by atoms with van der Waals surface area (Å²) in [5.74, 6) is -2.06. The van der Waals surface area contributed by atoms with Gasteiger partial charge in [-0.2, -0.15) is 13.2 Å². The standard InChI is InChI=1S/C20H16F4N4O2/c21-12-4-5-13(14(8-12)20(22,23)24)11-3-6-17-26-15(10-27(17)9-11)19(30)28-7-1-2-16(28)18(25)29/h3-6,8-10,16H,1-2,7H2,(H2,25,29)/t16-/m0/s1. The van der Waals surface area contributed by atoms with E-state index < -0.39 is 35.4 Å². The second-order valence-electron chi connectivity index (χ2n) is 7.06. The third kappa shape index (κ3) is 3.49. The molecule has 1 aromatic carbocycles. The van der Waals surface area contributed by atoms with Crippen LogP contribution in [0.1, 0.15) is 28.9 Å². The number of rotatable bonds is 3. The van der Waals surface area contributed by atoms with Gasteiger partial charge >= 0.3 is 6.18 Å². The molecule has 3 heterocycles. The molecular formula is C20H16F4N4O2. The van der Waals surface area contributed by atoms with Crippen molar-refractivity contribution >= 4 is 17.5 Å². The number of alkyl halides is 3. The minimum Gasteiger partial charge on any atom is -0.368 e. The number of nitrogens with two attached hydrogens (primary N) is 1. The zero-order chi connectivity index (χ0) is 21.6. The van der Waals surface area contributed by atoms with Gasteiger partial charge in [0, 0.05) is 18.9 Å². The monoisotopic (exact) mass is 420 g/mol. The molecule has 2 amide bonds. The predicted octanol–water partition coefficient (Wildman–Crippen LogP) is 3.25. The topological polar surface area (TPSA) is 80.7 Å². The van der Waals surface area contributed by atoms with Crippen LogP contribution in [0, 0.1) is 5.82 Å². The zero-order valence-corrected chi connectivity index (χ0v) is 15.5. The van der Waals surface area contributed by atoms with E-state index in [0.717, 1.165) is 12.1 Å². The molecule has 0 unspecified atom stereocenters. The van der Waals surface area contributed by atoms with Crippen LogP contribution >= 0.6 is 0 Å². The number of carbonyl (C=O) groups is 2. The van der Waals surface area contributed by atoms with Gasteiger partial charge in [0.1, 0.15) is 23.2 Å². The minimum absolute atomic E-state index is 0.0513. The van der Waals surface area contributed by atoms with E-state index in [1.807, 2.05) is 0 Å².